The third-order valence-corrected chi connectivity index (χ3v) is 6.71. The molecule has 2 aromatic heterocycles. The molecule has 0 N–H and O–H groups in total. The number of hydrogen-bond donors (Lipinski definition) is 0. The third-order valence-electron chi connectivity index (χ3n) is 5.89. The minimum Gasteiger partial charge on any atom is -0.497 e. The van der Waals surface area contributed by atoms with Crippen molar-refractivity contribution in [3.8, 4) is 5.75 Å². The molecule has 1 amide bonds. The highest BCUT2D eigenvalue weighted by Gasteiger charge is 2.45. The van der Waals surface area contributed by atoms with Crippen LogP contribution in [0.1, 0.15) is 32.8 Å². The van der Waals surface area contributed by atoms with E-state index >= 15 is 0 Å². The van der Waals surface area contributed by atoms with Crippen molar-refractivity contribution in [1.29, 1.82) is 0 Å². The molecule has 0 unspecified atom stereocenters. The first kappa shape index (κ1) is 18.4. The highest BCUT2D eigenvalue weighted by atomic mass is 32.1. The van der Waals surface area contributed by atoms with Gasteiger partial charge in [-0.1, -0.05) is 12.1 Å². The minimum atomic E-state index is 0.102. The number of ether oxygens (including phenoxy) is 1. The van der Waals surface area contributed by atoms with E-state index in [-0.39, 0.29) is 18.0 Å². The van der Waals surface area contributed by atoms with Crippen LogP contribution in [0.25, 0.3) is 0 Å². The van der Waals surface area contributed by atoms with E-state index in [9.17, 15) is 4.79 Å². The lowest BCUT2D eigenvalue weighted by molar-refractivity contribution is 0.0553. The maximum atomic E-state index is 13.2. The zero-order chi connectivity index (χ0) is 20.0. The summed E-state index contributed by atoms with van der Waals surface area (Å²) in [4.78, 5) is 22.3. The van der Waals surface area contributed by atoms with Crippen LogP contribution in [-0.2, 0) is 13.1 Å². The molecule has 4 heterocycles. The number of nitrogens with zero attached hydrogens (tertiary/aromatic N) is 4. The van der Waals surface area contributed by atoms with Crippen LogP contribution < -0.4 is 4.74 Å². The molecule has 2 atom stereocenters. The molecule has 0 spiro atoms. The third kappa shape index (κ3) is 3.34. The van der Waals surface area contributed by atoms with Gasteiger partial charge in [-0.05, 0) is 36.8 Å². The number of likely N-dealkylation sites (tertiary alicyclic amines) is 1. The number of aromatic nitrogens is 2. The van der Waals surface area contributed by atoms with Crippen molar-refractivity contribution in [1.82, 2.24) is 19.4 Å². The molecule has 150 valence electrons. The van der Waals surface area contributed by atoms with Gasteiger partial charge in [0.1, 0.15) is 11.4 Å². The Morgan fingerprint density at radius 1 is 1.17 bits per heavy atom. The standard InChI is InChI=1S/C22H24N4O2S/c1-15-23-17(14-29-15)11-26-21-13-24(10-16-5-3-6-18(9-16)28-2)12-20(21)25-8-4-7-19(25)22(26)27/h3-9,14,20-21H,10-13H2,1-2H3/t20-,21+/m1/s1. The maximum Gasteiger partial charge on any atom is 0.271 e. The Bertz CT molecular complexity index is 1040. The number of thiazole rings is 1. The van der Waals surface area contributed by atoms with Crippen LogP contribution in [-0.4, -0.2) is 51.5 Å². The van der Waals surface area contributed by atoms with E-state index in [1.807, 2.05) is 42.3 Å². The Morgan fingerprint density at radius 2 is 2.03 bits per heavy atom. The van der Waals surface area contributed by atoms with Crippen LogP contribution in [0.2, 0.25) is 0 Å². The van der Waals surface area contributed by atoms with Gasteiger partial charge in [0.25, 0.3) is 5.91 Å². The largest absolute Gasteiger partial charge is 0.497 e. The van der Waals surface area contributed by atoms with Gasteiger partial charge in [0.2, 0.25) is 0 Å². The van der Waals surface area contributed by atoms with Gasteiger partial charge in [0, 0.05) is 31.2 Å². The first-order valence-corrected chi connectivity index (χ1v) is 10.7. The summed E-state index contributed by atoms with van der Waals surface area (Å²) in [6, 6.07) is 12.5. The molecule has 2 aliphatic heterocycles. The van der Waals surface area contributed by atoms with Gasteiger partial charge in [0.15, 0.2) is 0 Å². The number of carbonyl (C=O) groups is 1. The van der Waals surface area contributed by atoms with Crippen LogP contribution in [0.15, 0.2) is 48.0 Å². The average Bonchev–Trinajstić information content (AvgIpc) is 3.45. The number of carbonyl (C=O) groups excluding carboxylic acids is 1. The van der Waals surface area contributed by atoms with Gasteiger partial charge in [0.05, 0.1) is 36.4 Å². The van der Waals surface area contributed by atoms with Gasteiger partial charge in [-0.25, -0.2) is 4.98 Å². The molecule has 0 aliphatic carbocycles. The van der Waals surface area contributed by atoms with Gasteiger partial charge >= 0.3 is 0 Å². The van der Waals surface area contributed by atoms with E-state index in [1.165, 1.54) is 5.56 Å². The van der Waals surface area contributed by atoms with Crippen molar-refractivity contribution >= 4 is 17.2 Å². The van der Waals surface area contributed by atoms with Gasteiger partial charge in [-0.15, -0.1) is 11.3 Å². The fourth-order valence-corrected chi connectivity index (χ4v) is 5.19. The molecule has 3 aromatic rings. The number of benzene rings is 1. The second-order valence-electron chi connectivity index (χ2n) is 7.77. The van der Waals surface area contributed by atoms with Crippen LogP contribution in [0.4, 0.5) is 0 Å². The molecule has 1 saturated heterocycles. The Kier molecular flexibility index (Phi) is 4.64. The SMILES string of the molecule is COc1cccc(CN2C[C@@H]3[C@H](C2)N(Cc2csc(C)n2)C(=O)c2cccn23)c1. The Morgan fingerprint density at radius 3 is 2.83 bits per heavy atom. The number of amides is 1. The predicted molar refractivity (Wildman–Crippen MR) is 112 cm³/mol. The van der Waals surface area contributed by atoms with E-state index in [2.05, 4.69) is 32.0 Å². The fraction of sp³-hybridized carbons (Fsp3) is 0.364. The molecule has 0 bridgehead atoms. The fourth-order valence-electron chi connectivity index (χ4n) is 4.59. The number of aryl methyl sites for hydroxylation is 1. The predicted octanol–water partition coefficient (Wildman–Crippen LogP) is 3.34. The van der Waals surface area contributed by atoms with Crippen molar-refractivity contribution in [2.24, 2.45) is 0 Å². The number of rotatable bonds is 5. The second kappa shape index (κ2) is 7.31. The highest BCUT2D eigenvalue weighted by molar-refractivity contribution is 7.09. The Labute approximate surface area is 174 Å². The molecule has 1 fully saturated rings. The van der Waals surface area contributed by atoms with Crippen LogP contribution in [0.5, 0.6) is 5.75 Å². The average molecular weight is 409 g/mol. The molecule has 1 aromatic carbocycles. The normalized spacial score (nSPS) is 21.3. The summed E-state index contributed by atoms with van der Waals surface area (Å²) in [5.74, 6) is 0.979. The van der Waals surface area contributed by atoms with Crippen LogP contribution >= 0.6 is 11.3 Å². The van der Waals surface area contributed by atoms with E-state index in [4.69, 9.17) is 4.74 Å². The molecule has 0 radical (unpaired) electrons. The molecule has 5 rings (SSSR count). The molecule has 29 heavy (non-hydrogen) atoms. The topological polar surface area (TPSA) is 50.6 Å². The van der Waals surface area contributed by atoms with E-state index in [0.717, 1.165) is 41.8 Å². The lowest BCUT2D eigenvalue weighted by Crippen LogP contribution is -2.49. The molecule has 2 aliphatic rings. The lowest BCUT2D eigenvalue weighted by atomic mass is 10.1. The van der Waals surface area contributed by atoms with Crippen molar-refractivity contribution in [3.63, 3.8) is 0 Å². The summed E-state index contributed by atoms with van der Waals surface area (Å²) < 4.78 is 7.54. The zero-order valence-electron chi connectivity index (χ0n) is 16.6. The van der Waals surface area contributed by atoms with Crippen molar-refractivity contribution < 1.29 is 9.53 Å². The molecular formula is C22H24N4O2S. The van der Waals surface area contributed by atoms with Crippen LogP contribution in [0.3, 0.4) is 0 Å². The van der Waals surface area contributed by atoms with Crippen molar-refractivity contribution in [2.45, 2.75) is 32.1 Å². The Balaban J connectivity index is 1.41. The quantitative estimate of drug-likeness (QED) is 0.650. The number of methoxy groups -OCH3 is 1. The van der Waals surface area contributed by atoms with E-state index < -0.39 is 0 Å². The summed E-state index contributed by atoms with van der Waals surface area (Å²) >= 11 is 1.64. The van der Waals surface area contributed by atoms with Crippen molar-refractivity contribution in [3.05, 3.63) is 69.9 Å². The molecule has 7 heteroatoms. The zero-order valence-corrected chi connectivity index (χ0v) is 17.4. The summed E-state index contributed by atoms with van der Waals surface area (Å²) in [5.41, 5.74) is 2.98. The molecular weight excluding hydrogens is 384 g/mol. The monoisotopic (exact) mass is 408 g/mol. The minimum absolute atomic E-state index is 0.102. The summed E-state index contributed by atoms with van der Waals surface area (Å²) in [6.45, 7) is 5.20. The van der Waals surface area contributed by atoms with Gasteiger partial charge in [-0.3, -0.25) is 9.69 Å². The van der Waals surface area contributed by atoms with E-state index in [1.54, 1.807) is 18.4 Å². The van der Waals surface area contributed by atoms with Crippen molar-refractivity contribution in [2.75, 3.05) is 20.2 Å². The maximum absolute atomic E-state index is 13.2. The summed E-state index contributed by atoms with van der Waals surface area (Å²) in [7, 11) is 1.70. The molecule has 6 nitrogen and oxygen atoms in total. The smallest absolute Gasteiger partial charge is 0.271 e. The summed E-state index contributed by atoms with van der Waals surface area (Å²) in [5, 5.41) is 3.10. The van der Waals surface area contributed by atoms with Gasteiger partial charge < -0.3 is 14.2 Å². The number of fused-ring (bicyclic) bond motifs is 3. The van der Waals surface area contributed by atoms with Gasteiger partial charge in [-0.2, -0.15) is 0 Å². The molecule has 0 saturated carbocycles. The van der Waals surface area contributed by atoms with E-state index in [0.29, 0.717) is 6.54 Å². The lowest BCUT2D eigenvalue weighted by Gasteiger charge is -2.38. The highest BCUT2D eigenvalue weighted by Crippen LogP contribution is 2.35. The summed E-state index contributed by atoms with van der Waals surface area (Å²) in [6.07, 6.45) is 2.05. The van der Waals surface area contributed by atoms with Crippen LogP contribution in [0, 0.1) is 6.92 Å². The number of hydrogen-bond acceptors (Lipinski definition) is 5. The second-order valence-corrected chi connectivity index (χ2v) is 8.83. The first-order chi connectivity index (χ1) is 14.1. The first-order valence-electron chi connectivity index (χ1n) is 9.86. The Hall–Kier alpha value is -2.64.